The molecule has 0 saturated carbocycles. The average molecular weight is 379 g/mol. The summed E-state index contributed by atoms with van der Waals surface area (Å²) in [4.78, 5) is 18.3. The van der Waals surface area contributed by atoms with Crippen LogP contribution in [0.3, 0.4) is 0 Å². The predicted octanol–water partition coefficient (Wildman–Crippen LogP) is 3.21. The Kier molecular flexibility index (Phi) is 4.91. The Morgan fingerprint density at radius 3 is 2.78 bits per heavy atom. The zero-order chi connectivity index (χ0) is 16.2. The van der Waals surface area contributed by atoms with Crippen LogP contribution in [-0.2, 0) is 11.2 Å². The van der Waals surface area contributed by atoms with Crippen LogP contribution in [0.2, 0.25) is 0 Å². The summed E-state index contributed by atoms with van der Waals surface area (Å²) in [7, 11) is 0. The second-order valence-electron chi connectivity index (χ2n) is 5.49. The van der Waals surface area contributed by atoms with Gasteiger partial charge in [-0.3, -0.25) is 4.79 Å². The van der Waals surface area contributed by atoms with Crippen LogP contribution in [0.5, 0.6) is 5.88 Å². The van der Waals surface area contributed by atoms with E-state index in [0.29, 0.717) is 19.0 Å². The summed E-state index contributed by atoms with van der Waals surface area (Å²) in [6.45, 7) is 1.22. The molecular weight excluding hydrogens is 363 g/mol. The Bertz CT molecular complexity index is 676. The maximum Gasteiger partial charge on any atom is 0.227 e. The minimum absolute atomic E-state index is 0.0338. The smallest absolute Gasteiger partial charge is 0.227 e. The fourth-order valence-corrected chi connectivity index (χ4v) is 2.78. The van der Waals surface area contributed by atoms with Gasteiger partial charge in [-0.1, -0.05) is 12.1 Å². The van der Waals surface area contributed by atoms with Crippen LogP contribution in [0.15, 0.2) is 47.1 Å². The molecule has 1 aromatic heterocycles. The van der Waals surface area contributed by atoms with Gasteiger partial charge in [-0.05, 0) is 39.7 Å². The molecule has 1 fully saturated rings. The molecule has 0 spiro atoms. The summed E-state index contributed by atoms with van der Waals surface area (Å²) in [5.74, 6) is 0.301. The quantitative estimate of drug-likeness (QED) is 0.820. The molecule has 6 heteroatoms. The molecule has 1 atom stereocenters. The fourth-order valence-electron chi connectivity index (χ4n) is 2.54. The molecule has 0 N–H and O–H groups in total. The van der Waals surface area contributed by atoms with E-state index in [9.17, 15) is 9.18 Å². The Labute approximate surface area is 142 Å². The zero-order valence-corrected chi connectivity index (χ0v) is 14.0. The lowest BCUT2D eigenvalue weighted by Crippen LogP contribution is -2.32. The van der Waals surface area contributed by atoms with Gasteiger partial charge in [-0.2, -0.15) is 0 Å². The molecule has 1 aliphatic heterocycles. The molecular formula is C17H16BrFN2O2. The summed E-state index contributed by atoms with van der Waals surface area (Å²) in [5, 5.41) is 0. The summed E-state index contributed by atoms with van der Waals surface area (Å²) < 4.78 is 19.6. The van der Waals surface area contributed by atoms with Crippen LogP contribution in [-0.4, -0.2) is 35.0 Å². The molecule has 0 aliphatic carbocycles. The van der Waals surface area contributed by atoms with E-state index in [2.05, 4.69) is 20.9 Å². The first-order valence-electron chi connectivity index (χ1n) is 7.40. The second-order valence-corrected chi connectivity index (χ2v) is 6.40. The van der Waals surface area contributed by atoms with Gasteiger partial charge in [0.05, 0.1) is 13.0 Å². The van der Waals surface area contributed by atoms with Crippen molar-refractivity contribution >= 4 is 21.8 Å². The summed E-state index contributed by atoms with van der Waals surface area (Å²) >= 11 is 3.33. The number of hydrogen-bond acceptors (Lipinski definition) is 3. The highest BCUT2D eigenvalue weighted by Gasteiger charge is 2.27. The van der Waals surface area contributed by atoms with E-state index in [-0.39, 0.29) is 24.2 Å². The van der Waals surface area contributed by atoms with Gasteiger partial charge >= 0.3 is 0 Å². The van der Waals surface area contributed by atoms with Gasteiger partial charge < -0.3 is 9.64 Å². The molecule has 4 nitrogen and oxygen atoms in total. The van der Waals surface area contributed by atoms with Crippen molar-refractivity contribution in [1.29, 1.82) is 0 Å². The Morgan fingerprint density at radius 1 is 1.30 bits per heavy atom. The maximum absolute atomic E-state index is 12.9. The van der Waals surface area contributed by atoms with Gasteiger partial charge in [0.1, 0.15) is 11.9 Å². The largest absolute Gasteiger partial charge is 0.472 e. The van der Waals surface area contributed by atoms with Crippen molar-refractivity contribution in [1.82, 2.24) is 9.88 Å². The number of amides is 1. The first-order valence-corrected chi connectivity index (χ1v) is 8.20. The van der Waals surface area contributed by atoms with Crippen LogP contribution in [0.1, 0.15) is 12.0 Å². The number of pyridine rings is 1. The Hall–Kier alpha value is -1.95. The van der Waals surface area contributed by atoms with E-state index >= 15 is 0 Å². The lowest BCUT2D eigenvalue weighted by atomic mass is 10.1. The number of carbonyl (C=O) groups is 1. The average Bonchev–Trinajstić information content (AvgIpc) is 3.00. The topological polar surface area (TPSA) is 42.4 Å². The standard InChI is InChI=1S/C17H16BrFN2O2/c18-13-3-6-16(20-10-13)23-15-7-8-21(11-15)17(22)9-12-1-4-14(19)5-2-12/h1-6,10,15H,7-9,11H2. The molecule has 0 bridgehead atoms. The van der Waals surface area contributed by atoms with Gasteiger partial charge in [0.15, 0.2) is 0 Å². The van der Waals surface area contributed by atoms with Crippen LogP contribution in [0.25, 0.3) is 0 Å². The third kappa shape index (κ3) is 4.28. The number of ether oxygens (including phenoxy) is 1. The minimum Gasteiger partial charge on any atom is -0.472 e. The molecule has 1 unspecified atom stereocenters. The number of aromatic nitrogens is 1. The van der Waals surface area contributed by atoms with Crippen LogP contribution >= 0.6 is 15.9 Å². The van der Waals surface area contributed by atoms with Crippen LogP contribution in [0.4, 0.5) is 4.39 Å². The minimum atomic E-state index is -0.294. The van der Waals surface area contributed by atoms with Gasteiger partial charge in [0.2, 0.25) is 11.8 Å². The third-order valence-electron chi connectivity index (χ3n) is 3.75. The zero-order valence-electron chi connectivity index (χ0n) is 12.4. The number of rotatable bonds is 4. The molecule has 1 amide bonds. The van der Waals surface area contributed by atoms with Crippen molar-refractivity contribution in [3.8, 4) is 5.88 Å². The summed E-state index contributed by atoms with van der Waals surface area (Å²) in [5.41, 5.74) is 0.815. The second kappa shape index (κ2) is 7.08. The van der Waals surface area contributed by atoms with Crippen molar-refractivity contribution in [3.63, 3.8) is 0 Å². The van der Waals surface area contributed by atoms with E-state index < -0.39 is 0 Å². The van der Waals surface area contributed by atoms with Gasteiger partial charge in [0.25, 0.3) is 0 Å². The molecule has 0 radical (unpaired) electrons. The number of carbonyl (C=O) groups excluding carboxylic acids is 1. The van der Waals surface area contributed by atoms with Crippen molar-refractivity contribution in [3.05, 3.63) is 58.4 Å². The molecule has 2 heterocycles. The van der Waals surface area contributed by atoms with Crippen molar-refractivity contribution in [2.75, 3.05) is 13.1 Å². The maximum atomic E-state index is 12.9. The summed E-state index contributed by atoms with van der Waals surface area (Å²) in [6, 6.07) is 9.70. The Balaban J connectivity index is 1.53. The number of likely N-dealkylation sites (tertiary alicyclic amines) is 1. The molecule has 3 rings (SSSR count). The van der Waals surface area contributed by atoms with E-state index in [0.717, 1.165) is 16.5 Å². The Morgan fingerprint density at radius 2 is 2.09 bits per heavy atom. The fraction of sp³-hybridized carbons (Fsp3) is 0.294. The normalized spacial score (nSPS) is 17.3. The molecule has 1 aromatic carbocycles. The number of halogens is 2. The molecule has 1 saturated heterocycles. The lowest BCUT2D eigenvalue weighted by Gasteiger charge is -2.17. The predicted molar refractivity (Wildman–Crippen MR) is 87.7 cm³/mol. The molecule has 1 aliphatic rings. The van der Waals surface area contributed by atoms with Gasteiger partial charge in [0, 0.05) is 29.7 Å². The van der Waals surface area contributed by atoms with Crippen molar-refractivity contribution < 1.29 is 13.9 Å². The van der Waals surface area contributed by atoms with E-state index in [1.54, 1.807) is 29.3 Å². The molecule has 2 aromatic rings. The van der Waals surface area contributed by atoms with E-state index in [4.69, 9.17) is 4.74 Å². The van der Waals surface area contributed by atoms with Gasteiger partial charge in [-0.25, -0.2) is 9.37 Å². The highest BCUT2D eigenvalue weighted by atomic mass is 79.9. The summed E-state index contributed by atoms with van der Waals surface area (Å²) in [6.07, 6.45) is 2.71. The lowest BCUT2D eigenvalue weighted by molar-refractivity contribution is -0.129. The molecule has 120 valence electrons. The van der Waals surface area contributed by atoms with Gasteiger partial charge in [-0.15, -0.1) is 0 Å². The monoisotopic (exact) mass is 378 g/mol. The first kappa shape index (κ1) is 15.9. The highest BCUT2D eigenvalue weighted by molar-refractivity contribution is 9.10. The van der Waals surface area contributed by atoms with E-state index in [1.807, 2.05) is 6.07 Å². The van der Waals surface area contributed by atoms with Crippen molar-refractivity contribution in [2.45, 2.75) is 18.9 Å². The van der Waals surface area contributed by atoms with E-state index in [1.165, 1.54) is 12.1 Å². The number of benzene rings is 1. The molecule has 23 heavy (non-hydrogen) atoms. The number of nitrogens with zero attached hydrogens (tertiary/aromatic N) is 2. The van der Waals surface area contributed by atoms with Crippen LogP contribution < -0.4 is 4.74 Å². The van der Waals surface area contributed by atoms with Crippen molar-refractivity contribution in [2.24, 2.45) is 0 Å². The van der Waals surface area contributed by atoms with Crippen LogP contribution in [0, 0.1) is 5.82 Å². The third-order valence-corrected chi connectivity index (χ3v) is 4.22. The number of hydrogen-bond donors (Lipinski definition) is 0. The SMILES string of the molecule is O=C(Cc1ccc(F)cc1)N1CCC(Oc2ccc(Br)cn2)C1. The first-order chi connectivity index (χ1) is 11.1. The highest BCUT2D eigenvalue weighted by Crippen LogP contribution is 2.19.